The molecule has 2 atom stereocenters. The zero-order chi connectivity index (χ0) is 26.5. The molecule has 2 aromatic rings. The lowest BCUT2D eigenvalue weighted by atomic mass is 9.71. The first-order valence-corrected chi connectivity index (χ1v) is 14.3. The van der Waals surface area contributed by atoms with Crippen molar-refractivity contribution in [2.45, 2.75) is 82.3 Å². The topological polar surface area (TPSA) is 70.0 Å². The Morgan fingerprint density at radius 2 is 1.92 bits per heavy atom. The van der Waals surface area contributed by atoms with Gasteiger partial charge < -0.3 is 19.8 Å². The molecule has 1 aliphatic heterocycles. The van der Waals surface area contributed by atoms with Crippen LogP contribution in [-0.2, 0) is 21.6 Å². The Morgan fingerprint density at radius 3 is 2.65 bits per heavy atom. The fourth-order valence-corrected chi connectivity index (χ4v) is 6.63. The summed E-state index contributed by atoms with van der Waals surface area (Å²) in [5.74, 6) is -0.331. The van der Waals surface area contributed by atoms with E-state index in [0.717, 1.165) is 61.6 Å². The van der Waals surface area contributed by atoms with Crippen molar-refractivity contribution in [3.63, 3.8) is 0 Å². The molecule has 2 fully saturated rings. The number of likely N-dealkylation sites (tertiary alicyclic amines) is 1. The minimum Gasteiger partial charge on any atom is -0.385 e. The first kappa shape index (κ1) is 28.1. The summed E-state index contributed by atoms with van der Waals surface area (Å²) in [5.41, 5.74) is 1.48. The van der Waals surface area contributed by atoms with Gasteiger partial charge in [-0.05, 0) is 87.0 Å². The van der Waals surface area contributed by atoms with Gasteiger partial charge >= 0.3 is 0 Å². The van der Waals surface area contributed by atoms with Gasteiger partial charge in [0.2, 0.25) is 0 Å². The van der Waals surface area contributed by atoms with Crippen molar-refractivity contribution in [1.29, 1.82) is 0 Å². The maximum Gasteiger partial charge on any atom is 0.254 e. The molecule has 37 heavy (non-hydrogen) atoms. The molecule has 1 aliphatic carbocycles. The number of hydrogen-bond acceptors (Lipinski definition) is 4. The molecule has 1 saturated carbocycles. The summed E-state index contributed by atoms with van der Waals surface area (Å²) in [4.78, 5) is 15.2. The number of rotatable bonds is 10. The standard InChI is InChI=1S/C31H42ClNO4/c1-3-23-11-8-12-24(21-23)28-26(14-9-15-27(28)32)31(36,18-6-7-20-37-2)25-13-10-19-33(22-25)29(34)30(35)16-4-5-17-30/h8-9,11-12,14-15,21,25,35-36H,3-7,10,13,16-20,22H2,1-2H3/t25-,31?/m1/s1. The predicted molar refractivity (Wildman–Crippen MR) is 149 cm³/mol. The third-order valence-corrected chi connectivity index (χ3v) is 8.79. The summed E-state index contributed by atoms with van der Waals surface area (Å²) in [6, 6.07) is 14.2. The van der Waals surface area contributed by atoms with Crippen LogP contribution in [0.5, 0.6) is 0 Å². The SMILES string of the molecule is CCc1cccc(-c2c(Cl)cccc2C(O)(CCCCOC)[C@@H]2CCCN(C(=O)C3(O)CCCC3)C2)c1. The average Bonchev–Trinajstić information content (AvgIpc) is 3.38. The normalized spacial score (nSPS) is 21.1. The third kappa shape index (κ3) is 6.06. The monoisotopic (exact) mass is 527 g/mol. The van der Waals surface area contributed by atoms with E-state index in [9.17, 15) is 15.0 Å². The molecule has 0 bridgehead atoms. The van der Waals surface area contributed by atoms with Crippen molar-refractivity contribution < 1.29 is 19.7 Å². The van der Waals surface area contributed by atoms with E-state index in [1.165, 1.54) is 5.56 Å². The van der Waals surface area contributed by atoms with Gasteiger partial charge in [-0.25, -0.2) is 0 Å². The van der Waals surface area contributed by atoms with Gasteiger partial charge in [-0.15, -0.1) is 0 Å². The number of methoxy groups -OCH3 is 1. The van der Waals surface area contributed by atoms with E-state index >= 15 is 0 Å². The Morgan fingerprint density at radius 1 is 1.16 bits per heavy atom. The second-order valence-corrected chi connectivity index (χ2v) is 11.3. The van der Waals surface area contributed by atoms with E-state index in [-0.39, 0.29) is 11.8 Å². The highest BCUT2D eigenvalue weighted by molar-refractivity contribution is 6.33. The molecule has 202 valence electrons. The summed E-state index contributed by atoms with van der Waals surface area (Å²) >= 11 is 6.84. The van der Waals surface area contributed by atoms with Crippen molar-refractivity contribution in [1.82, 2.24) is 4.90 Å². The van der Waals surface area contributed by atoms with Crippen molar-refractivity contribution in [3.8, 4) is 11.1 Å². The van der Waals surface area contributed by atoms with Crippen LogP contribution in [0.25, 0.3) is 11.1 Å². The lowest BCUT2D eigenvalue weighted by molar-refractivity contribution is -0.155. The lowest BCUT2D eigenvalue weighted by Crippen LogP contribution is -2.54. The Bertz CT molecular complexity index is 1070. The van der Waals surface area contributed by atoms with Gasteiger partial charge in [0.05, 0.1) is 5.60 Å². The van der Waals surface area contributed by atoms with Crippen LogP contribution in [0.2, 0.25) is 5.02 Å². The number of unbranched alkanes of at least 4 members (excludes halogenated alkanes) is 1. The van der Waals surface area contributed by atoms with Crippen LogP contribution in [0.3, 0.4) is 0 Å². The molecule has 2 N–H and O–H groups in total. The Hall–Kier alpha value is -1.92. The highest BCUT2D eigenvalue weighted by Crippen LogP contribution is 2.46. The Balaban J connectivity index is 1.72. The largest absolute Gasteiger partial charge is 0.385 e. The number of aryl methyl sites for hydroxylation is 1. The molecule has 2 aromatic carbocycles. The zero-order valence-corrected chi connectivity index (χ0v) is 23.1. The Kier molecular flexibility index (Phi) is 9.33. The molecule has 0 aromatic heterocycles. The average molecular weight is 528 g/mol. The van der Waals surface area contributed by atoms with E-state index in [4.69, 9.17) is 16.3 Å². The van der Waals surface area contributed by atoms with Crippen LogP contribution in [0.1, 0.15) is 75.8 Å². The highest BCUT2D eigenvalue weighted by atomic mass is 35.5. The van der Waals surface area contributed by atoms with E-state index in [2.05, 4.69) is 25.1 Å². The van der Waals surface area contributed by atoms with Gasteiger partial charge in [0.25, 0.3) is 5.91 Å². The Labute approximate surface area is 226 Å². The number of aliphatic hydroxyl groups is 2. The molecular weight excluding hydrogens is 486 g/mol. The second kappa shape index (κ2) is 12.3. The second-order valence-electron chi connectivity index (χ2n) is 10.9. The molecule has 1 heterocycles. The minimum atomic E-state index is -1.25. The number of carbonyl (C=O) groups is 1. The number of hydrogen-bond donors (Lipinski definition) is 2. The number of benzene rings is 2. The van der Waals surface area contributed by atoms with Gasteiger partial charge in [0.15, 0.2) is 0 Å². The van der Waals surface area contributed by atoms with Crippen molar-refractivity contribution >= 4 is 17.5 Å². The van der Waals surface area contributed by atoms with Gasteiger partial charge in [-0.2, -0.15) is 0 Å². The molecule has 4 rings (SSSR count). The maximum atomic E-state index is 13.4. The van der Waals surface area contributed by atoms with Crippen LogP contribution in [-0.4, -0.2) is 53.4 Å². The maximum absolute atomic E-state index is 13.4. The molecule has 1 saturated heterocycles. The lowest BCUT2D eigenvalue weighted by Gasteiger charge is -2.45. The van der Waals surface area contributed by atoms with Gasteiger partial charge in [-0.3, -0.25) is 4.79 Å². The first-order chi connectivity index (χ1) is 17.8. The zero-order valence-electron chi connectivity index (χ0n) is 22.3. The molecule has 1 amide bonds. The van der Waals surface area contributed by atoms with Crippen molar-refractivity contribution in [3.05, 3.63) is 58.6 Å². The number of nitrogens with zero attached hydrogens (tertiary/aromatic N) is 1. The van der Waals surface area contributed by atoms with Gasteiger partial charge in [0, 0.05) is 43.3 Å². The molecular formula is C31H42ClNO4. The summed E-state index contributed by atoms with van der Waals surface area (Å²) in [5, 5.41) is 24.3. The summed E-state index contributed by atoms with van der Waals surface area (Å²) < 4.78 is 5.28. The van der Waals surface area contributed by atoms with E-state index < -0.39 is 11.2 Å². The van der Waals surface area contributed by atoms with Crippen LogP contribution >= 0.6 is 11.6 Å². The van der Waals surface area contributed by atoms with E-state index in [1.54, 1.807) is 7.11 Å². The fraction of sp³-hybridized carbons (Fsp3) is 0.581. The third-order valence-electron chi connectivity index (χ3n) is 8.47. The van der Waals surface area contributed by atoms with Gasteiger partial charge in [-0.1, -0.05) is 54.9 Å². The number of ether oxygens (including phenoxy) is 1. The molecule has 0 spiro atoms. The highest BCUT2D eigenvalue weighted by Gasteiger charge is 2.47. The first-order valence-electron chi connectivity index (χ1n) is 13.9. The molecule has 2 aliphatic rings. The summed E-state index contributed by atoms with van der Waals surface area (Å²) in [6.07, 6.45) is 7.52. The van der Waals surface area contributed by atoms with Crippen molar-refractivity contribution in [2.24, 2.45) is 5.92 Å². The summed E-state index contributed by atoms with van der Waals surface area (Å²) in [7, 11) is 1.69. The van der Waals surface area contributed by atoms with Crippen molar-refractivity contribution in [2.75, 3.05) is 26.8 Å². The molecule has 1 unspecified atom stereocenters. The van der Waals surface area contributed by atoms with Crippen LogP contribution < -0.4 is 0 Å². The molecule has 0 radical (unpaired) electrons. The number of halogens is 1. The van der Waals surface area contributed by atoms with Crippen LogP contribution in [0.4, 0.5) is 0 Å². The fourth-order valence-electron chi connectivity index (χ4n) is 6.34. The quantitative estimate of drug-likeness (QED) is 0.365. The van der Waals surface area contributed by atoms with Crippen LogP contribution in [0, 0.1) is 5.92 Å². The number of piperidine rings is 1. The van der Waals surface area contributed by atoms with E-state index in [0.29, 0.717) is 44.0 Å². The minimum absolute atomic E-state index is 0.163. The van der Waals surface area contributed by atoms with E-state index in [1.807, 2.05) is 29.2 Å². The smallest absolute Gasteiger partial charge is 0.254 e. The number of carbonyl (C=O) groups excluding carboxylic acids is 1. The predicted octanol–water partition coefficient (Wildman–Crippen LogP) is 6.12. The van der Waals surface area contributed by atoms with Gasteiger partial charge in [0.1, 0.15) is 5.60 Å². The summed E-state index contributed by atoms with van der Waals surface area (Å²) in [6.45, 7) is 3.82. The van der Waals surface area contributed by atoms with Crippen LogP contribution in [0.15, 0.2) is 42.5 Å². The molecule has 6 heteroatoms. The molecule has 5 nitrogen and oxygen atoms in total. The number of amides is 1.